The fourth-order valence-corrected chi connectivity index (χ4v) is 0.628. The standard InChI is InChI=1S/C9H14O4.Li/c1-3-4-5-13-8(10)6-7(2)9(11)12;/h2-6H2,1H3,(H,11,12);/q;+1/p-1. The number of aliphatic carboxylic acids is 1. The summed E-state index contributed by atoms with van der Waals surface area (Å²) in [4.78, 5) is 21.0. The summed E-state index contributed by atoms with van der Waals surface area (Å²) in [5.74, 6) is -1.98. The van der Waals surface area contributed by atoms with Crippen molar-refractivity contribution in [3.8, 4) is 0 Å². The topological polar surface area (TPSA) is 66.4 Å². The van der Waals surface area contributed by atoms with Crippen LogP contribution >= 0.6 is 0 Å². The van der Waals surface area contributed by atoms with Gasteiger partial charge in [0.25, 0.3) is 0 Å². The molecule has 0 aliphatic heterocycles. The number of carbonyl (C=O) groups is 2. The Kier molecular flexibility index (Phi) is 9.96. The van der Waals surface area contributed by atoms with E-state index in [2.05, 4.69) is 6.58 Å². The predicted octanol–water partition coefficient (Wildman–Crippen LogP) is -2.97. The number of hydrogen-bond acceptors (Lipinski definition) is 4. The third kappa shape index (κ3) is 7.90. The maximum absolute atomic E-state index is 10.9. The molecule has 0 bridgehead atoms. The fraction of sp³-hybridized carbons (Fsp3) is 0.556. The second-order valence-electron chi connectivity index (χ2n) is 2.64. The Morgan fingerprint density at radius 3 is 2.43 bits per heavy atom. The molecule has 0 atom stereocenters. The van der Waals surface area contributed by atoms with Gasteiger partial charge in [0, 0.05) is 0 Å². The average Bonchev–Trinajstić information content (AvgIpc) is 2.04. The first-order valence-electron chi connectivity index (χ1n) is 4.12. The van der Waals surface area contributed by atoms with E-state index in [1.807, 2.05) is 6.92 Å². The molecular formula is C9H13LiO4. The van der Waals surface area contributed by atoms with Crippen molar-refractivity contribution in [2.75, 3.05) is 6.61 Å². The normalized spacial score (nSPS) is 8.64. The van der Waals surface area contributed by atoms with Crippen molar-refractivity contribution >= 4 is 11.9 Å². The van der Waals surface area contributed by atoms with E-state index in [0.717, 1.165) is 12.8 Å². The van der Waals surface area contributed by atoms with E-state index in [1.165, 1.54) is 0 Å². The van der Waals surface area contributed by atoms with Crippen LogP contribution in [0.25, 0.3) is 0 Å². The number of unbranched alkanes of at least 4 members (excludes halogenated alkanes) is 1. The smallest absolute Gasteiger partial charge is 0.545 e. The Bertz CT molecular complexity index is 213. The molecule has 0 aromatic rings. The molecule has 0 rings (SSSR count). The molecule has 4 nitrogen and oxygen atoms in total. The van der Waals surface area contributed by atoms with Gasteiger partial charge in [-0.05, 0) is 12.0 Å². The molecule has 0 unspecified atom stereocenters. The van der Waals surface area contributed by atoms with Gasteiger partial charge >= 0.3 is 24.8 Å². The average molecular weight is 192 g/mol. The van der Waals surface area contributed by atoms with Gasteiger partial charge in [0.2, 0.25) is 0 Å². The van der Waals surface area contributed by atoms with E-state index in [1.54, 1.807) is 0 Å². The van der Waals surface area contributed by atoms with Crippen LogP contribution in [0.15, 0.2) is 12.2 Å². The molecule has 0 aromatic carbocycles. The van der Waals surface area contributed by atoms with Crippen LogP contribution < -0.4 is 24.0 Å². The quantitative estimate of drug-likeness (QED) is 0.195. The molecule has 0 amide bonds. The minimum absolute atomic E-state index is 0. The largest absolute Gasteiger partial charge is 1.00 e. The minimum atomic E-state index is -1.41. The molecule has 0 aromatic heterocycles. The summed E-state index contributed by atoms with van der Waals surface area (Å²) in [6.07, 6.45) is 1.41. The first kappa shape index (κ1) is 15.7. The monoisotopic (exact) mass is 192 g/mol. The van der Waals surface area contributed by atoms with Gasteiger partial charge < -0.3 is 14.6 Å². The second-order valence-corrected chi connectivity index (χ2v) is 2.64. The van der Waals surface area contributed by atoms with Crippen LogP contribution in [0.1, 0.15) is 26.2 Å². The molecule has 0 spiro atoms. The Labute approximate surface area is 95.5 Å². The van der Waals surface area contributed by atoms with Crippen molar-refractivity contribution in [2.24, 2.45) is 0 Å². The minimum Gasteiger partial charge on any atom is -0.545 e. The summed E-state index contributed by atoms with van der Waals surface area (Å²) in [6, 6.07) is 0. The van der Waals surface area contributed by atoms with Crippen molar-refractivity contribution < 1.29 is 38.3 Å². The fourth-order valence-electron chi connectivity index (χ4n) is 0.628. The maximum Gasteiger partial charge on any atom is 1.00 e. The van der Waals surface area contributed by atoms with Crippen LogP contribution in [0, 0.1) is 0 Å². The SMILES string of the molecule is C=C(CC(=O)OCCCC)C(=O)[O-].[Li+]. The molecule has 0 heterocycles. The van der Waals surface area contributed by atoms with E-state index < -0.39 is 11.9 Å². The Morgan fingerprint density at radius 1 is 1.43 bits per heavy atom. The number of hydrogen-bond donors (Lipinski definition) is 0. The van der Waals surface area contributed by atoms with Crippen molar-refractivity contribution in [1.82, 2.24) is 0 Å². The van der Waals surface area contributed by atoms with E-state index >= 15 is 0 Å². The van der Waals surface area contributed by atoms with Gasteiger partial charge in [0.05, 0.1) is 19.0 Å². The third-order valence-corrected chi connectivity index (χ3v) is 1.41. The Morgan fingerprint density at radius 2 is 2.00 bits per heavy atom. The number of rotatable bonds is 6. The van der Waals surface area contributed by atoms with Gasteiger partial charge in [0.1, 0.15) is 0 Å². The molecule has 5 heteroatoms. The number of ether oxygens (including phenoxy) is 1. The zero-order valence-electron chi connectivity index (χ0n) is 8.67. The molecule has 0 saturated carbocycles. The summed E-state index contributed by atoms with van der Waals surface area (Å²) >= 11 is 0. The maximum atomic E-state index is 10.9. The molecule has 74 valence electrons. The number of carboxylic acid groups (broad SMARTS) is 1. The molecule has 0 aliphatic rings. The molecule has 0 N–H and O–H groups in total. The van der Waals surface area contributed by atoms with E-state index in [9.17, 15) is 14.7 Å². The summed E-state index contributed by atoms with van der Waals surface area (Å²) < 4.78 is 4.71. The van der Waals surface area contributed by atoms with Gasteiger partial charge in [-0.25, -0.2) is 0 Å². The first-order valence-corrected chi connectivity index (χ1v) is 4.12. The first-order chi connectivity index (χ1) is 6.07. The van der Waals surface area contributed by atoms with Crippen molar-refractivity contribution in [2.45, 2.75) is 26.2 Å². The van der Waals surface area contributed by atoms with Gasteiger partial charge in [-0.1, -0.05) is 19.9 Å². The van der Waals surface area contributed by atoms with Gasteiger partial charge in [0.15, 0.2) is 0 Å². The molecule has 14 heavy (non-hydrogen) atoms. The van der Waals surface area contributed by atoms with Crippen molar-refractivity contribution in [3.63, 3.8) is 0 Å². The van der Waals surface area contributed by atoms with Crippen LogP contribution in [0.3, 0.4) is 0 Å². The van der Waals surface area contributed by atoms with Gasteiger partial charge in [-0.15, -0.1) is 0 Å². The van der Waals surface area contributed by atoms with E-state index in [-0.39, 0.29) is 30.9 Å². The Hall–Kier alpha value is -0.723. The molecule has 0 radical (unpaired) electrons. The summed E-state index contributed by atoms with van der Waals surface area (Å²) in [6.45, 7) is 5.45. The molecule has 0 aliphatic carbocycles. The molecule has 0 saturated heterocycles. The van der Waals surface area contributed by atoms with Crippen LogP contribution in [0.5, 0.6) is 0 Å². The number of carboxylic acids is 1. The van der Waals surface area contributed by atoms with Crippen LogP contribution in [-0.2, 0) is 14.3 Å². The zero-order chi connectivity index (χ0) is 10.3. The van der Waals surface area contributed by atoms with Crippen LogP contribution in [0.4, 0.5) is 0 Å². The van der Waals surface area contributed by atoms with Crippen LogP contribution in [0.2, 0.25) is 0 Å². The Balaban J connectivity index is 0. The van der Waals surface area contributed by atoms with E-state index in [0.29, 0.717) is 6.61 Å². The molecule has 0 fully saturated rings. The summed E-state index contributed by atoms with van der Waals surface area (Å²) in [5, 5.41) is 10.1. The zero-order valence-corrected chi connectivity index (χ0v) is 8.67. The summed E-state index contributed by atoms with van der Waals surface area (Å²) in [7, 11) is 0. The molecular weight excluding hydrogens is 179 g/mol. The van der Waals surface area contributed by atoms with Gasteiger partial charge in [-0.2, -0.15) is 0 Å². The predicted molar refractivity (Wildman–Crippen MR) is 44.6 cm³/mol. The van der Waals surface area contributed by atoms with Gasteiger partial charge in [-0.3, -0.25) is 4.79 Å². The summed E-state index contributed by atoms with van der Waals surface area (Å²) in [5.41, 5.74) is -0.249. The van der Waals surface area contributed by atoms with Crippen molar-refractivity contribution in [1.29, 1.82) is 0 Å². The van der Waals surface area contributed by atoms with Crippen molar-refractivity contribution in [3.05, 3.63) is 12.2 Å². The number of carbonyl (C=O) groups excluding carboxylic acids is 2. The van der Waals surface area contributed by atoms with E-state index in [4.69, 9.17) is 4.74 Å². The van der Waals surface area contributed by atoms with Crippen LogP contribution in [-0.4, -0.2) is 18.5 Å². The second kappa shape index (κ2) is 8.86. The number of esters is 1. The third-order valence-electron chi connectivity index (χ3n) is 1.41.